The molecule has 0 bridgehead atoms. The van der Waals surface area contributed by atoms with Crippen molar-refractivity contribution in [2.24, 2.45) is 0 Å². The summed E-state index contributed by atoms with van der Waals surface area (Å²) in [6.45, 7) is 4.20. The molecule has 0 atom stereocenters. The van der Waals surface area contributed by atoms with Crippen LogP contribution in [0.1, 0.15) is 16.7 Å². The van der Waals surface area contributed by atoms with E-state index in [1.807, 2.05) is 18.2 Å². The Morgan fingerprint density at radius 3 is 2.38 bits per heavy atom. The molecule has 142 valence electrons. The first-order valence-corrected chi connectivity index (χ1v) is 10.0. The van der Waals surface area contributed by atoms with Crippen LogP contribution in [-0.2, 0) is 0 Å². The summed E-state index contributed by atoms with van der Waals surface area (Å²) in [4.78, 5) is 10.1. The molecule has 4 aromatic rings. The molecule has 0 spiro atoms. The summed E-state index contributed by atoms with van der Waals surface area (Å²) >= 11 is 1.74. The molecule has 2 heterocycles. The lowest BCUT2D eigenvalue weighted by atomic mass is 10.0. The van der Waals surface area contributed by atoms with Crippen LogP contribution in [0.2, 0.25) is 0 Å². The van der Waals surface area contributed by atoms with Gasteiger partial charge in [0.05, 0.1) is 11.6 Å². The van der Waals surface area contributed by atoms with Crippen molar-refractivity contribution < 1.29 is 0 Å². The van der Waals surface area contributed by atoms with E-state index in [1.165, 1.54) is 10.4 Å². The molecule has 0 aliphatic rings. The molecule has 5 nitrogen and oxygen atoms in total. The van der Waals surface area contributed by atoms with Crippen LogP contribution in [0.25, 0.3) is 10.4 Å². The number of aryl methyl sites for hydroxylation is 2. The Morgan fingerprint density at radius 2 is 1.72 bits per heavy atom. The van der Waals surface area contributed by atoms with E-state index in [-0.39, 0.29) is 0 Å². The lowest BCUT2D eigenvalue weighted by Crippen LogP contribution is -2.02. The molecule has 0 saturated heterocycles. The quantitative estimate of drug-likeness (QED) is 0.420. The Kier molecular flexibility index (Phi) is 5.23. The molecule has 0 unspecified atom stereocenters. The van der Waals surface area contributed by atoms with Crippen LogP contribution in [0.5, 0.6) is 0 Å². The fourth-order valence-electron chi connectivity index (χ4n) is 3.12. The number of benzene rings is 2. The van der Waals surface area contributed by atoms with Gasteiger partial charge in [-0.1, -0.05) is 6.07 Å². The van der Waals surface area contributed by atoms with E-state index in [0.717, 1.165) is 22.5 Å². The van der Waals surface area contributed by atoms with Crippen molar-refractivity contribution in [1.29, 1.82) is 5.26 Å². The maximum atomic E-state index is 8.91. The van der Waals surface area contributed by atoms with E-state index in [2.05, 4.69) is 70.2 Å². The lowest BCUT2D eigenvalue weighted by Gasteiger charge is -2.14. The normalized spacial score (nSPS) is 10.4. The lowest BCUT2D eigenvalue weighted by molar-refractivity contribution is 1.16. The molecule has 4 rings (SSSR count). The number of hydrogen-bond acceptors (Lipinski definition) is 6. The van der Waals surface area contributed by atoms with E-state index >= 15 is 0 Å². The molecule has 0 fully saturated rings. The van der Waals surface area contributed by atoms with Gasteiger partial charge in [0.1, 0.15) is 5.82 Å². The first kappa shape index (κ1) is 18.7. The predicted molar refractivity (Wildman–Crippen MR) is 119 cm³/mol. The van der Waals surface area contributed by atoms with Crippen molar-refractivity contribution in [1.82, 2.24) is 9.97 Å². The molecule has 2 aromatic carbocycles. The highest BCUT2D eigenvalue weighted by Gasteiger charge is 2.09. The third kappa shape index (κ3) is 4.26. The summed E-state index contributed by atoms with van der Waals surface area (Å²) < 4.78 is 0. The van der Waals surface area contributed by atoms with Crippen molar-refractivity contribution in [3.8, 4) is 16.5 Å². The molecule has 2 N–H and O–H groups in total. The second-order valence-corrected chi connectivity index (χ2v) is 7.61. The summed E-state index contributed by atoms with van der Waals surface area (Å²) in [5, 5.41) is 17.6. The number of nitrogens with one attached hydrogen (secondary N) is 2. The number of hydrogen-bond donors (Lipinski definition) is 2. The van der Waals surface area contributed by atoms with Gasteiger partial charge in [0.25, 0.3) is 0 Å². The van der Waals surface area contributed by atoms with Gasteiger partial charge in [-0.25, -0.2) is 4.98 Å². The number of nitrogens with zero attached hydrogens (tertiary/aromatic N) is 3. The fraction of sp³-hybridized carbons (Fsp3) is 0.0870. The minimum Gasteiger partial charge on any atom is -0.340 e. The van der Waals surface area contributed by atoms with Crippen LogP contribution >= 0.6 is 11.3 Å². The molecule has 0 aliphatic carbocycles. The number of rotatable bonds is 5. The van der Waals surface area contributed by atoms with Crippen LogP contribution in [0, 0.1) is 25.2 Å². The topological polar surface area (TPSA) is 73.6 Å². The zero-order valence-corrected chi connectivity index (χ0v) is 16.9. The third-order valence-corrected chi connectivity index (χ3v) is 5.44. The molecule has 0 amide bonds. The van der Waals surface area contributed by atoms with Crippen LogP contribution in [-0.4, -0.2) is 9.97 Å². The van der Waals surface area contributed by atoms with Crippen molar-refractivity contribution in [2.45, 2.75) is 13.8 Å². The van der Waals surface area contributed by atoms with E-state index in [1.54, 1.807) is 29.7 Å². The fourth-order valence-corrected chi connectivity index (χ4v) is 3.83. The van der Waals surface area contributed by atoms with E-state index in [4.69, 9.17) is 5.26 Å². The second-order valence-electron chi connectivity index (χ2n) is 6.67. The van der Waals surface area contributed by atoms with Gasteiger partial charge in [0.2, 0.25) is 5.95 Å². The Morgan fingerprint density at radius 1 is 0.966 bits per heavy atom. The Balaban J connectivity index is 1.55. The van der Waals surface area contributed by atoms with E-state index in [9.17, 15) is 0 Å². The maximum absolute atomic E-state index is 8.91. The molecule has 0 aliphatic heterocycles. The van der Waals surface area contributed by atoms with E-state index < -0.39 is 0 Å². The summed E-state index contributed by atoms with van der Waals surface area (Å²) in [7, 11) is 0. The number of thiophene rings is 1. The van der Waals surface area contributed by atoms with Crippen molar-refractivity contribution in [3.05, 3.63) is 82.9 Å². The van der Waals surface area contributed by atoms with Gasteiger partial charge < -0.3 is 10.6 Å². The minimum atomic E-state index is 0.491. The van der Waals surface area contributed by atoms with E-state index in [0.29, 0.717) is 17.3 Å². The van der Waals surface area contributed by atoms with Crippen LogP contribution in [0.3, 0.4) is 0 Å². The zero-order chi connectivity index (χ0) is 20.2. The van der Waals surface area contributed by atoms with Crippen molar-refractivity contribution in [3.63, 3.8) is 0 Å². The van der Waals surface area contributed by atoms with Crippen LogP contribution < -0.4 is 10.6 Å². The Hall–Kier alpha value is -3.69. The van der Waals surface area contributed by atoms with Gasteiger partial charge in [0, 0.05) is 22.4 Å². The van der Waals surface area contributed by atoms with Crippen molar-refractivity contribution in [2.75, 3.05) is 10.6 Å². The highest BCUT2D eigenvalue weighted by Crippen LogP contribution is 2.32. The zero-order valence-electron chi connectivity index (χ0n) is 16.1. The largest absolute Gasteiger partial charge is 0.340 e. The smallest absolute Gasteiger partial charge is 0.229 e. The van der Waals surface area contributed by atoms with Gasteiger partial charge in [-0.15, -0.1) is 11.3 Å². The number of anilines is 4. The summed E-state index contributed by atoms with van der Waals surface area (Å²) in [6.07, 6.45) is 1.71. The van der Waals surface area contributed by atoms with Gasteiger partial charge in [-0.2, -0.15) is 10.2 Å². The standard InChI is InChI=1S/C23H19N5S/c1-15-12-18(20-4-3-11-29-20)13-16(2)22(15)27-21-9-10-25-23(28-21)26-19-7-5-17(14-24)6-8-19/h3-13H,1-2H3,(H2,25,26,27,28). The average Bonchev–Trinajstić information content (AvgIpc) is 3.26. The van der Waals surface area contributed by atoms with Crippen LogP contribution in [0.4, 0.5) is 23.1 Å². The molecular weight excluding hydrogens is 378 g/mol. The summed E-state index contributed by atoms with van der Waals surface area (Å²) in [6, 6.07) is 19.7. The summed E-state index contributed by atoms with van der Waals surface area (Å²) in [5.41, 5.74) is 6.04. The number of nitriles is 1. The minimum absolute atomic E-state index is 0.491. The monoisotopic (exact) mass is 397 g/mol. The first-order valence-electron chi connectivity index (χ1n) is 9.15. The van der Waals surface area contributed by atoms with Crippen molar-refractivity contribution >= 4 is 34.5 Å². The second kappa shape index (κ2) is 8.13. The number of aromatic nitrogens is 2. The Labute approximate surface area is 173 Å². The highest BCUT2D eigenvalue weighted by atomic mass is 32.1. The first-order chi connectivity index (χ1) is 14.1. The van der Waals surface area contributed by atoms with Crippen LogP contribution in [0.15, 0.2) is 66.2 Å². The van der Waals surface area contributed by atoms with Gasteiger partial charge in [-0.05, 0) is 84.4 Å². The van der Waals surface area contributed by atoms with Gasteiger partial charge in [-0.3, -0.25) is 0 Å². The summed E-state index contributed by atoms with van der Waals surface area (Å²) in [5.74, 6) is 1.21. The molecular formula is C23H19N5S. The van der Waals surface area contributed by atoms with Gasteiger partial charge >= 0.3 is 0 Å². The molecule has 2 aromatic heterocycles. The maximum Gasteiger partial charge on any atom is 0.229 e. The highest BCUT2D eigenvalue weighted by molar-refractivity contribution is 7.13. The average molecular weight is 398 g/mol. The molecule has 6 heteroatoms. The third-order valence-electron chi connectivity index (χ3n) is 4.52. The molecule has 29 heavy (non-hydrogen) atoms. The Bertz CT molecular complexity index is 1150. The molecule has 0 radical (unpaired) electrons. The molecule has 0 saturated carbocycles. The van der Waals surface area contributed by atoms with Gasteiger partial charge in [0.15, 0.2) is 0 Å². The predicted octanol–water partition coefficient (Wildman–Crippen LogP) is 6.18. The SMILES string of the molecule is Cc1cc(-c2cccs2)cc(C)c1Nc1ccnc(Nc2ccc(C#N)cc2)n1.